The minimum atomic E-state index is -0.0648. The Morgan fingerprint density at radius 1 is 0.944 bits per heavy atom. The Bertz CT molecular complexity index is 564. The topological polar surface area (TPSA) is 69.1 Å². The molecule has 0 atom stereocenters. The molecule has 0 saturated carbocycles. The fraction of sp³-hybridized carbons (Fsp3) is 0.133. The van der Waals surface area contributed by atoms with E-state index in [-0.39, 0.29) is 5.78 Å². The highest BCUT2D eigenvalue weighted by atomic mass is 16.1. The Kier molecular flexibility index (Phi) is 3.06. The third-order valence-electron chi connectivity index (χ3n) is 2.95. The number of ketones is 1. The van der Waals surface area contributed by atoms with E-state index < -0.39 is 0 Å². The SMILES string of the molecule is Cc1ccc(C(=O)c2ccc(N)cc2N)c(C)c1. The zero-order chi connectivity index (χ0) is 13.3. The van der Waals surface area contributed by atoms with Crippen LogP contribution in [0.2, 0.25) is 0 Å². The monoisotopic (exact) mass is 240 g/mol. The Hall–Kier alpha value is -2.29. The van der Waals surface area contributed by atoms with Crippen LogP contribution in [0.3, 0.4) is 0 Å². The number of rotatable bonds is 2. The second-order valence-corrected chi connectivity index (χ2v) is 4.49. The second-order valence-electron chi connectivity index (χ2n) is 4.49. The standard InChI is InChI=1S/C15H16N2O/c1-9-3-5-12(10(2)7-9)15(18)13-6-4-11(16)8-14(13)17/h3-8H,16-17H2,1-2H3. The number of anilines is 2. The molecule has 2 aromatic carbocycles. The highest BCUT2D eigenvalue weighted by Gasteiger charge is 2.14. The number of carbonyl (C=O) groups is 1. The van der Waals surface area contributed by atoms with Gasteiger partial charge in [0, 0.05) is 22.5 Å². The van der Waals surface area contributed by atoms with Crippen molar-refractivity contribution in [1.29, 1.82) is 0 Å². The molecule has 92 valence electrons. The van der Waals surface area contributed by atoms with E-state index in [0.29, 0.717) is 22.5 Å². The van der Waals surface area contributed by atoms with Crippen LogP contribution in [0.4, 0.5) is 11.4 Å². The van der Waals surface area contributed by atoms with E-state index in [4.69, 9.17) is 11.5 Å². The van der Waals surface area contributed by atoms with Gasteiger partial charge in [-0.2, -0.15) is 0 Å². The maximum Gasteiger partial charge on any atom is 0.195 e. The van der Waals surface area contributed by atoms with Crippen molar-refractivity contribution in [3.8, 4) is 0 Å². The van der Waals surface area contributed by atoms with E-state index in [2.05, 4.69) is 0 Å². The van der Waals surface area contributed by atoms with Gasteiger partial charge in [-0.05, 0) is 37.6 Å². The van der Waals surface area contributed by atoms with Gasteiger partial charge in [0.2, 0.25) is 0 Å². The van der Waals surface area contributed by atoms with Gasteiger partial charge in [0.25, 0.3) is 0 Å². The predicted octanol–water partition coefficient (Wildman–Crippen LogP) is 2.70. The molecule has 2 aromatic rings. The first-order valence-electron chi connectivity index (χ1n) is 5.76. The van der Waals surface area contributed by atoms with Gasteiger partial charge in [-0.25, -0.2) is 0 Å². The van der Waals surface area contributed by atoms with E-state index in [9.17, 15) is 4.79 Å². The quantitative estimate of drug-likeness (QED) is 0.626. The number of hydrogen-bond acceptors (Lipinski definition) is 3. The van der Waals surface area contributed by atoms with Gasteiger partial charge in [-0.15, -0.1) is 0 Å². The summed E-state index contributed by atoms with van der Waals surface area (Å²) in [5.41, 5.74) is 15.7. The Labute approximate surface area is 106 Å². The van der Waals surface area contributed by atoms with Crippen LogP contribution < -0.4 is 11.5 Å². The molecule has 0 aromatic heterocycles. The Balaban J connectivity index is 2.48. The van der Waals surface area contributed by atoms with Crippen LogP contribution in [-0.2, 0) is 0 Å². The maximum absolute atomic E-state index is 12.4. The lowest BCUT2D eigenvalue weighted by Crippen LogP contribution is -2.07. The molecule has 18 heavy (non-hydrogen) atoms. The molecule has 3 heteroatoms. The Morgan fingerprint density at radius 3 is 2.22 bits per heavy atom. The molecule has 0 fully saturated rings. The summed E-state index contributed by atoms with van der Waals surface area (Å²) in [4.78, 5) is 12.4. The first-order chi connectivity index (χ1) is 8.49. The summed E-state index contributed by atoms with van der Waals surface area (Å²) >= 11 is 0. The largest absolute Gasteiger partial charge is 0.399 e. The molecule has 3 nitrogen and oxygen atoms in total. The van der Waals surface area contributed by atoms with Crippen molar-refractivity contribution < 1.29 is 4.79 Å². The zero-order valence-corrected chi connectivity index (χ0v) is 10.5. The fourth-order valence-electron chi connectivity index (χ4n) is 2.00. The summed E-state index contributed by atoms with van der Waals surface area (Å²) in [7, 11) is 0. The minimum absolute atomic E-state index is 0.0648. The van der Waals surface area contributed by atoms with Crippen molar-refractivity contribution in [2.75, 3.05) is 11.5 Å². The number of nitrogen functional groups attached to an aromatic ring is 2. The van der Waals surface area contributed by atoms with Crippen LogP contribution in [0.15, 0.2) is 36.4 Å². The zero-order valence-electron chi connectivity index (χ0n) is 10.5. The molecule has 4 N–H and O–H groups in total. The van der Waals surface area contributed by atoms with Gasteiger partial charge in [-0.3, -0.25) is 4.79 Å². The van der Waals surface area contributed by atoms with Crippen molar-refractivity contribution in [2.24, 2.45) is 0 Å². The lowest BCUT2D eigenvalue weighted by molar-refractivity contribution is 0.103. The summed E-state index contributed by atoms with van der Waals surface area (Å²) in [5.74, 6) is -0.0648. The molecular formula is C15H16N2O. The summed E-state index contributed by atoms with van der Waals surface area (Å²) in [6.45, 7) is 3.92. The third-order valence-corrected chi connectivity index (χ3v) is 2.95. The lowest BCUT2D eigenvalue weighted by atomic mass is 9.96. The molecule has 0 aliphatic heterocycles. The highest BCUT2D eigenvalue weighted by molar-refractivity contribution is 6.13. The van der Waals surface area contributed by atoms with Gasteiger partial charge in [0.1, 0.15) is 0 Å². The molecule has 0 heterocycles. The summed E-state index contributed by atoms with van der Waals surface area (Å²) < 4.78 is 0. The van der Waals surface area contributed by atoms with Crippen LogP contribution in [0.1, 0.15) is 27.0 Å². The first-order valence-corrected chi connectivity index (χ1v) is 5.76. The minimum Gasteiger partial charge on any atom is -0.399 e. The van der Waals surface area contributed by atoms with Gasteiger partial charge in [0.15, 0.2) is 5.78 Å². The molecule has 0 saturated heterocycles. The number of aryl methyl sites for hydroxylation is 2. The summed E-state index contributed by atoms with van der Waals surface area (Å²) in [6, 6.07) is 10.7. The maximum atomic E-state index is 12.4. The third kappa shape index (κ3) is 2.20. The smallest absolute Gasteiger partial charge is 0.195 e. The van der Waals surface area contributed by atoms with Gasteiger partial charge in [-0.1, -0.05) is 23.8 Å². The molecule has 0 unspecified atom stereocenters. The van der Waals surface area contributed by atoms with Crippen LogP contribution >= 0.6 is 0 Å². The molecule has 0 amide bonds. The number of hydrogen-bond donors (Lipinski definition) is 2. The lowest BCUT2D eigenvalue weighted by Gasteiger charge is -2.08. The molecule has 0 aliphatic rings. The van der Waals surface area contributed by atoms with Crippen molar-refractivity contribution >= 4 is 17.2 Å². The van der Waals surface area contributed by atoms with Crippen LogP contribution in [0.25, 0.3) is 0 Å². The van der Waals surface area contributed by atoms with Crippen molar-refractivity contribution in [1.82, 2.24) is 0 Å². The van der Waals surface area contributed by atoms with Crippen molar-refractivity contribution in [3.05, 3.63) is 58.7 Å². The van der Waals surface area contributed by atoms with E-state index in [1.54, 1.807) is 18.2 Å². The van der Waals surface area contributed by atoms with Crippen LogP contribution in [-0.4, -0.2) is 5.78 Å². The first kappa shape index (κ1) is 12.2. The molecular weight excluding hydrogens is 224 g/mol. The number of carbonyl (C=O) groups excluding carboxylic acids is 1. The second kappa shape index (κ2) is 4.53. The van der Waals surface area contributed by atoms with E-state index in [0.717, 1.165) is 11.1 Å². The van der Waals surface area contributed by atoms with Gasteiger partial charge >= 0.3 is 0 Å². The molecule has 0 bridgehead atoms. The molecule has 2 rings (SSSR count). The van der Waals surface area contributed by atoms with Crippen LogP contribution in [0.5, 0.6) is 0 Å². The van der Waals surface area contributed by atoms with Crippen molar-refractivity contribution in [2.45, 2.75) is 13.8 Å². The summed E-state index contributed by atoms with van der Waals surface area (Å²) in [6.07, 6.45) is 0. The highest BCUT2D eigenvalue weighted by Crippen LogP contribution is 2.21. The van der Waals surface area contributed by atoms with Crippen LogP contribution in [0, 0.1) is 13.8 Å². The van der Waals surface area contributed by atoms with E-state index in [1.165, 1.54) is 0 Å². The summed E-state index contributed by atoms with van der Waals surface area (Å²) in [5, 5.41) is 0. The molecule has 0 spiro atoms. The molecule has 0 aliphatic carbocycles. The molecule has 0 radical (unpaired) electrons. The van der Waals surface area contributed by atoms with Gasteiger partial charge in [0.05, 0.1) is 0 Å². The van der Waals surface area contributed by atoms with Crippen molar-refractivity contribution in [3.63, 3.8) is 0 Å². The number of benzene rings is 2. The predicted molar refractivity (Wildman–Crippen MR) is 74.6 cm³/mol. The average Bonchev–Trinajstić information content (AvgIpc) is 2.28. The average molecular weight is 240 g/mol. The normalized spacial score (nSPS) is 10.3. The van der Waals surface area contributed by atoms with E-state index >= 15 is 0 Å². The van der Waals surface area contributed by atoms with Gasteiger partial charge < -0.3 is 11.5 Å². The Morgan fingerprint density at radius 2 is 1.61 bits per heavy atom. The fourth-order valence-corrected chi connectivity index (χ4v) is 2.00. The van der Waals surface area contributed by atoms with E-state index in [1.807, 2.05) is 32.0 Å². The number of nitrogens with two attached hydrogens (primary N) is 2.